The number of nitrogens with one attached hydrogen (secondary N) is 1. The Kier molecular flexibility index (Phi) is 6.11. The number of carbonyl (C=O) groups is 1. The third kappa shape index (κ3) is 5.35. The van der Waals surface area contributed by atoms with Crippen LogP contribution < -0.4 is 11.1 Å². The standard InChI is InChI=1S/C22H24N4O/c23-15-19(22(27)25-21-8-6-20(24)7-9-21)16-26-12-10-18(11-13-26)14-17-4-2-1-3-5-17/h1-9,16,18H,10-14,24H2,(H,25,27)/b19-16-. The lowest BCUT2D eigenvalue weighted by atomic mass is 9.90. The molecule has 0 bridgehead atoms. The summed E-state index contributed by atoms with van der Waals surface area (Å²) >= 11 is 0. The Morgan fingerprint density at radius 2 is 1.81 bits per heavy atom. The summed E-state index contributed by atoms with van der Waals surface area (Å²) in [5.41, 5.74) is 8.38. The van der Waals surface area contributed by atoms with Crippen LogP contribution in [0.15, 0.2) is 66.4 Å². The van der Waals surface area contributed by atoms with Crippen LogP contribution in [0.4, 0.5) is 11.4 Å². The summed E-state index contributed by atoms with van der Waals surface area (Å²) in [4.78, 5) is 14.4. The molecule has 3 rings (SSSR count). The van der Waals surface area contributed by atoms with Crippen molar-refractivity contribution in [1.29, 1.82) is 5.26 Å². The highest BCUT2D eigenvalue weighted by Crippen LogP contribution is 2.22. The molecule has 1 saturated heterocycles. The topological polar surface area (TPSA) is 82.2 Å². The summed E-state index contributed by atoms with van der Waals surface area (Å²) in [6, 6.07) is 19.4. The number of piperidine rings is 1. The maximum Gasteiger partial charge on any atom is 0.267 e. The van der Waals surface area contributed by atoms with Gasteiger partial charge in [0, 0.05) is 30.7 Å². The molecule has 1 heterocycles. The fourth-order valence-corrected chi connectivity index (χ4v) is 3.32. The summed E-state index contributed by atoms with van der Waals surface area (Å²) in [6.07, 6.45) is 4.89. The van der Waals surface area contributed by atoms with E-state index in [1.807, 2.05) is 12.1 Å². The van der Waals surface area contributed by atoms with Crippen molar-refractivity contribution >= 4 is 17.3 Å². The number of hydrogen-bond donors (Lipinski definition) is 2. The van der Waals surface area contributed by atoms with Crippen molar-refractivity contribution in [3.05, 3.63) is 71.9 Å². The fourth-order valence-electron chi connectivity index (χ4n) is 3.32. The van der Waals surface area contributed by atoms with Crippen LogP contribution in [0.1, 0.15) is 18.4 Å². The molecule has 1 aliphatic rings. The zero-order chi connectivity index (χ0) is 19.1. The van der Waals surface area contributed by atoms with E-state index >= 15 is 0 Å². The number of carbonyl (C=O) groups excluding carboxylic acids is 1. The number of amides is 1. The van der Waals surface area contributed by atoms with Gasteiger partial charge in [0.05, 0.1) is 0 Å². The Morgan fingerprint density at radius 1 is 1.15 bits per heavy atom. The number of likely N-dealkylation sites (tertiary alicyclic amines) is 1. The van der Waals surface area contributed by atoms with Crippen LogP contribution in [0, 0.1) is 17.2 Å². The largest absolute Gasteiger partial charge is 0.399 e. The van der Waals surface area contributed by atoms with Gasteiger partial charge in [-0.05, 0) is 55.0 Å². The van der Waals surface area contributed by atoms with Crippen molar-refractivity contribution in [2.75, 3.05) is 24.1 Å². The number of nitrogens with zero attached hydrogens (tertiary/aromatic N) is 2. The van der Waals surface area contributed by atoms with Gasteiger partial charge in [0.25, 0.3) is 5.91 Å². The first-order valence-corrected chi connectivity index (χ1v) is 9.21. The van der Waals surface area contributed by atoms with Crippen molar-refractivity contribution in [3.63, 3.8) is 0 Å². The van der Waals surface area contributed by atoms with E-state index in [9.17, 15) is 10.1 Å². The van der Waals surface area contributed by atoms with Crippen LogP contribution in [0.25, 0.3) is 0 Å². The number of nitrogens with two attached hydrogens (primary N) is 1. The van der Waals surface area contributed by atoms with Gasteiger partial charge < -0.3 is 16.0 Å². The highest BCUT2D eigenvalue weighted by molar-refractivity contribution is 6.06. The molecule has 1 amide bonds. The van der Waals surface area contributed by atoms with Crippen LogP contribution in [0.5, 0.6) is 0 Å². The molecule has 1 aliphatic heterocycles. The molecule has 138 valence electrons. The van der Waals surface area contributed by atoms with Gasteiger partial charge in [-0.2, -0.15) is 5.26 Å². The molecule has 0 unspecified atom stereocenters. The maximum absolute atomic E-state index is 12.3. The van der Waals surface area contributed by atoms with E-state index in [0.717, 1.165) is 32.4 Å². The Balaban J connectivity index is 1.54. The molecule has 2 aromatic rings. The monoisotopic (exact) mass is 360 g/mol. The Hall–Kier alpha value is -3.26. The number of hydrogen-bond acceptors (Lipinski definition) is 4. The van der Waals surface area contributed by atoms with Crippen molar-refractivity contribution < 1.29 is 4.79 Å². The molecular formula is C22H24N4O. The Morgan fingerprint density at radius 3 is 2.44 bits per heavy atom. The average molecular weight is 360 g/mol. The first kappa shape index (κ1) is 18.5. The van der Waals surface area contributed by atoms with Gasteiger partial charge in [0.1, 0.15) is 11.6 Å². The van der Waals surface area contributed by atoms with Gasteiger partial charge >= 0.3 is 0 Å². The summed E-state index contributed by atoms with van der Waals surface area (Å²) in [5, 5.41) is 12.1. The number of anilines is 2. The number of nitriles is 1. The van der Waals surface area contributed by atoms with Crippen LogP contribution in [-0.2, 0) is 11.2 Å². The third-order valence-corrected chi connectivity index (χ3v) is 4.86. The molecule has 0 radical (unpaired) electrons. The number of benzene rings is 2. The molecule has 2 aromatic carbocycles. The zero-order valence-electron chi connectivity index (χ0n) is 15.3. The van der Waals surface area contributed by atoms with Gasteiger partial charge in [0.2, 0.25) is 0 Å². The van der Waals surface area contributed by atoms with E-state index in [4.69, 9.17) is 5.73 Å². The Bertz CT molecular complexity index is 829. The molecule has 0 saturated carbocycles. The average Bonchev–Trinajstić information content (AvgIpc) is 2.70. The maximum atomic E-state index is 12.3. The second-order valence-electron chi connectivity index (χ2n) is 6.90. The van der Waals surface area contributed by atoms with E-state index in [1.165, 1.54) is 5.56 Å². The first-order chi connectivity index (χ1) is 13.1. The van der Waals surface area contributed by atoms with Crippen LogP contribution in [0.3, 0.4) is 0 Å². The molecule has 0 aliphatic carbocycles. The van der Waals surface area contributed by atoms with E-state index in [0.29, 0.717) is 17.3 Å². The van der Waals surface area contributed by atoms with Crippen LogP contribution in [-0.4, -0.2) is 23.9 Å². The Labute approximate surface area is 160 Å². The number of nitrogen functional groups attached to an aromatic ring is 1. The normalized spacial score (nSPS) is 15.2. The first-order valence-electron chi connectivity index (χ1n) is 9.21. The predicted molar refractivity (Wildman–Crippen MR) is 108 cm³/mol. The summed E-state index contributed by atoms with van der Waals surface area (Å²) in [5.74, 6) is 0.250. The van der Waals surface area contributed by atoms with E-state index < -0.39 is 5.91 Å². The molecule has 5 nitrogen and oxygen atoms in total. The molecule has 0 aromatic heterocycles. The van der Waals surface area contributed by atoms with Gasteiger partial charge in [-0.3, -0.25) is 4.79 Å². The van der Waals surface area contributed by atoms with Crippen molar-refractivity contribution in [1.82, 2.24) is 4.90 Å². The summed E-state index contributed by atoms with van der Waals surface area (Å²) in [7, 11) is 0. The second-order valence-corrected chi connectivity index (χ2v) is 6.90. The molecule has 3 N–H and O–H groups in total. The lowest BCUT2D eigenvalue weighted by Gasteiger charge is -2.31. The van der Waals surface area contributed by atoms with Gasteiger partial charge in [-0.1, -0.05) is 30.3 Å². The minimum absolute atomic E-state index is 0.119. The quantitative estimate of drug-likeness (QED) is 0.485. The van der Waals surface area contributed by atoms with E-state index in [1.54, 1.807) is 30.5 Å². The lowest BCUT2D eigenvalue weighted by molar-refractivity contribution is -0.112. The van der Waals surface area contributed by atoms with Gasteiger partial charge in [-0.25, -0.2) is 0 Å². The minimum atomic E-state index is -0.395. The predicted octanol–water partition coefficient (Wildman–Crippen LogP) is 3.57. The zero-order valence-corrected chi connectivity index (χ0v) is 15.3. The van der Waals surface area contributed by atoms with E-state index in [2.05, 4.69) is 34.5 Å². The minimum Gasteiger partial charge on any atom is -0.399 e. The van der Waals surface area contributed by atoms with Crippen molar-refractivity contribution in [3.8, 4) is 6.07 Å². The molecule has 0 spiro atoms. The number of rotatable bonds is 5. The SMILES string of the molecule is N#C/C(=C/N1CCC(Cc2ccccc2)CC1)C(=O)Nc1ccc(N)cc1. The molecule has 1 fully saturated rings. The van der Waals surface area contributed by atoms with Crippen LogP contribution >= 0.6 is 0 Å². The molecular weight excluding hydrogens is 336 g/mol. The van der Waals surface area contributed by atoms with Crippen molar-refractivity contribution in [2.45, 2.75) is 19.3 Å². The highest BCUT2D eigenvalue weighted by atomic mass is 16.1. The van der Waals surface area contributed by atoms with Gasteiger partial charge in [-0.15, -0.1) is 0 Å². The molecule has 27 heavy (non-hydrogen) atoms. The van der Waals surface area contributed by atoms with E-state index in [-0.39, 0.29) is 5.57 Å². The van der Waals surface area contributed by atoms with Crippen LogP contribution in [0.2, 0.25) is 0 Å². The van der Waals surface area contributed by atoms with Gasteiger partial charge in [0.15, 0.2) is 0 Å². The lowest BCUT2D eigenvalue weighted by Crippen LogP contribution is -2.31. The summed E-state index contributed by atoms with van der Waals surface area (Å²) < 4.78 is 0. The van der Waals surface area contributed by atoms with Crippen molar-refractivity contribution in [2.24, 2.45) is 5.92 Å². The summed E-state index contributed by atoms with van der Waals surface area (Å²) in [6.45, 7) is 1.72. The molecule has 5 heteroatoms. The molecule has 0 atom stereocenters. The second kappa shape index (κ2) is 8.91. The smallest absolute Gasteiger partial charge is 0.267 e. The highest BCUT2D eigenvalue weighted by Gasteiger charge is 2.19. The fraction of sp³-hybridized carbons (Fsp3) is 0.273. The third-order valence-electron chi connectivity index (χ3n) is 4.86.